The van der Waals surface area contributed by atoms with Crippen LogP contribution in [0.15, 0.2) is 18.2 Å². The molecular weight excluding hydrogens is 239 g/mol. The van der Waals surface area contributed by atoms with Crippen LogP contribution in [-0.4, -0.2) is 24.0 Å². The van der Waals surface area contributed by atoms with Crippen molar-refractivity contribution in [3.63, 3.8) is 0 Å². The molecule has 0 bridgehead atoms. The summed E-state index contributed by atoms with van der Waals surface area (Å²) in [6, 6.07) is 3.83. The van der Waals surface area contributed by atoms with Crippen LogP contribution >= 0.6 is 0 Å². The number of carbonyl (C=O) groups is 2. The molecule has 1 aromatic rings. The van der Waals surface area contributed by atoms with E-state index in [1.54, 1.807) is 0 Å². The summed E-state index contributed by atoms with van der Waals surface area (Å²) >= 11 is 0. The van der Waals surface area contributed by atoms with Gasteiger partial charge in [0, 0.05) is 11.0 Å². The zero-order valence-electron chi connectivity index (χ0n) is 10.5. The monoisotopic (exact) mass is 254 g/mol. The molecule has 98 valence electrons. The Labute approximate surface area is 104 Å². The summed E-state index contributed by atoms with van der Waals surface area (Å²) in [6.07, 6.45) is -0.306. The molecule has 4 nitrogen and oxygen atoms in total. The molecule has 5 heteroatoms. The van der Waals surface area contributed by atoms with Gasteiger partial charge in [0.05, 0.1) is 13.5 Å². The van der Waals surface area contributed by atoms with Crippen molar-refractivity contribution >= 4 is 11.8 Å². The van der Waals surface area contributed by atoms with Crippen molar-refractivity contribution < 1.29 is 23.8 Å². The fraction of sp³-hybridized carbons (Fsp3) is 0.385. The minimum Gasteiger partial charge on any atom is -0.494 e. The van der Waals surface area contributed by atoms with Gasteiger partial charge in [-0.3, -0.25) is 9.59 Å². The summed E-state index contributed by atoms with van der Waals surface area (Å²) in [6.45, 7) is 3.04. The molecule has 0 aliphatic heterocycles. The Hall–Kier alpha value is -1.91. The number of hydrogen-bond acceptors (Lipinski definition) is 3. The predicted octanol–water partition coefficient (Wildman–Crippen LogP) is 2.52. The molecule has 0 saturated carbocycles. The summed E-state index contributed by atoms with van der Waals surface area (Å²) < 4.78 is 18.2. The van der Waals surface area contributed by atoms with E-state index in [1.165, 1.54) is 33.1 Å². The van der Waals surface area contributed by atoms with Crippen LogP contribution in [0, 0.1) is 11.2 Å². The molecule has 1 N–H and O–H groups in total. The maximum atomic E-state index is 13.5. The van der Waals surface area contributed by atoms with Crippen LogP contribution in [-0.2, 0) is 4.79 Å². The van der Waals surface area contributed by atoms with Crippen LogP contribution in [0.1, 0.15) is 30.6 Å². The largest absolute Gasteiger partial charge is 0.494 e. The summed E-state index contributed by atoms with van der Waals surface area (Å²) in [5, 5.41) is 8.74. The first-order valence-corrected chi connectivity index (χ1v) is 5.38. The van der Waals surface area contributed by atoms with E-state index in [-0.39, 0.29) is 17.7 Å². The molecular formula is C13H15FO4. The van der Waals surface area contributed by atoms with Crippen LogP contribution in [0.25, 0.3) is 0 Å². The first-order chi connectivity index (χ1) is 8.27. The molecule has 0 amide bonds. The van der Waals surface area contributed by atoms with Gasteiger partial charge in [-0.25, -0.2) is 4.39 Å². The number of carbonyl (C=O) groups excluding carboxylic acids is 1. The van der Waals surface area contributed by atoms with E-state index >= 15 is 0 Å². The second-order valence-electron chi connectivity index (χ2n) is 4.63. The fourth-order valence-corrected chi connectivity index (χ4v) is 1.66. The Morgan fingerprint density at radius 1 is 1.39 bits per heavy atom. The Balaban J connectivity index is 3.04. The molecule has 0 aromatic heterocycles. The van der Waals surface area contributed by atoms with E-state index in [2.05, 4.69) is 0 Å². The van der Waals surface area contributed by atoms with Gasteiger partial charge in [-0.15, -0.1) is 0 Å². The quantitative estimate of drug-likeness (QED) is 0.820. The van der Waals surface area contributed by atoms with Gasteiger partial charge in [0.25, 0.3) is 0 Å². The lowest BCUT2D eigenvalue weighted by molar-refractivity contribution is -0.138. The Kier molecular flexibility index (Phi) is 4.06. The van der Waals surface area contributed by atoms with E-state index in [4.69, 9.17) is 9.84 Å². The molecule has 0 unspecified atom stereocenters. The second-order valence-corrected chi connectivity index (χ2v) is 4.63. The lowest BCUT2D eigenvalue weighted by Gasteiger charge is -2.20. The van der Waals surface area contributed by atoms with E-state index in [0.29, 0.717) is 0 Å². The van der Waals surface area contributed by atoms with Crippen molar-refractivity contribution in [2.75, 3.05) is 7.11 Å². The Morgan fingerprint density at radius 3 is 2.44 bits per heavy atom. The van der Waals surface area contributed by atoms with Gasteiger partial charge in [-0.2, -0.15) is 0 Å². The van der Waals surface area contributed by atoms with Crippen LogP contribution in [0.3, 0.4) is 0 Å². The van der Waals surface area contributed by atoms with Crippen molar-refractivity contribution in [1.82, 2.24) is 0 Å². The van der Waals surface area contributed by atoms with Crippen LogP contribution in [0.4, 0.5) is 4.39 Å². The molecule has 1 aromatic carbocycles. The van der Waals surface area contributed by atoms with Gasteiger partial charge >= 0.3 is 5.97 Å². The third-order valence-electron chi connectivity index (χ3n) is 2.62. The number of rotatable bonds is 5. The van der Waals surface area contributed by atoms with Gasteiger partial charge in [-0.05, 0) is 18.2 Å². The number of ketones is 1. The van der Waals surface area contributed by atoms with Crippen LogP contribution in [0.5, 0.6) is 5.75 Å². The number of aliphatic carboxylic acids is 1. The Bertz CT molecular complexity index is 480. The van der Waals surface area contributed by atoms with Gasteiger partial charge < -0.3 is 9.84 Å². The van der Waals surface area contributed by atoms with Crippen molar-refractivity contribution in [2.45, 2.75) is 20.3 Å². The molecule has 0 atom stereocenters. The highest BCUT2D eigenvalue weighted by molar-refractivity contribution is 6.01. The number of hydrogen-bond donors (Lipinski definition) is 1. The van der Waals surface area contributed by atoms with Crippen molar-refractivity contribution in [3.8, 4) is 5.75 Å². The highest BCUT2D eigenvalue weighted by Gasteiger charge is 2.31. The summed E-state index contributed by atoms with van der Waals surface area (Å²) in [7, 11) is 1.33. The lowest BCUT2D eigenvalue weighted by atomic mass is 9.81. The third kappa shape index (κ3) is 3.06. The SMILES string of the molecule is COc1ccc(C(=O)C(C)(C)CC(=O)O)cc1F. The smallest absolute Gasteiger partial charge is 0.304 e. The number of carboxylic acids is 1. The molecule has 0 spiro atoms. The van der Waals surface area contributed by atoms with Crippen molar-refractivity contribution in [2.24, 2.45) is 5.41 Å². The highest BCUT2D eigenvalue weighted by Crippen LogP contribution is 2.28. The lowest BCUT2D eigenvalue weighted by Crippen LogP contribution is -2.27. The topological polar surface area (TPSA) is 63.6 Å². The van der Waals surface area contributed by atoms with Crippen LogP contribution < -0.4 is 4.74 Å². The molecule has 18 heavy (non-hydrogen) atoms. The highest BCUT2D eigenvalue weighted by atomic mass is 19.1. The first-order valence-electron chi connectivity index (χ1n) is 5.38. The molecule has 0 saturated heterocycles. The number of Topliss-reactive ketones (excluding diaryl/α,β-unsaturated/α-hetero) is 1. The molecule has 0 aliphatic rings. The number of carboxylic acid groups (broad SMARTS) is 1. The standard InChI is InChI=1S/C13H15FO4/c1-13(2,7-11(15)16)12(17)8-4-5-10(18-3)9(14)6-8/h4-6H,7H2,1-3H3,(H,15,16). The van der Waals surface area contributed by atoms with Crippen molar-refractivity contribution in [1.29, 1.82) is 0 Å². The minimum absolute atomic E-state index is 0.0441. The maximum absolute atomic E-state index is 13.5. The molecule has 0 fully saturated rings. The second kappa shape index (κ2) is 5.16. The van der Waals surface area contributed by atoms with E-state index < -0.39 is 23.0 Å². The predicted molar refractivity (Wildman–Crippen MR) is 63.3 cm³/mol. The normalized spacial score (nSPS) is 11.1. The third-order valence-corrected chi connectivity index (χ3v) is 2.62. The number of halogens is 1. The minimum atomic E-state index is -1.08. The molecule has 0 radical (unpaired) electrons. The van der Waals surface area contributed by atoms with Crippen LogP contribution in [0.2, 0.25) is 0 Å². The van der Waals surface area contributed by atoms with Crippen molar-refractivity contribution in [3.05, 3.63) is 29.6 Å². The fourth-order valence-electron chi connectivity index (χ4n) is 1.66. The van der Waals surface area contributed by atoms with Gasteiger partial charge in [0.1, 0.15) is 0 Å². The van der Waals surface area contributed by atoms with Gasteiger partial charge in [-0.1, -0.05) is 13.8 Å². The molecule has 0 heterocycles. The zero-order valence-corrected chi connectivity index (χ0v) is 10.5. The zero-order chi connectivity index (χ0) is 13.9. The number of benzene rings is 1. The van der Waals surface area contributed by atoms with E-state index in [0.717, 1.165) is 6.07 Å². The van der Waals surface area contributed by atoms with Gasteiger partial charge in [0.15, 0.2) is 17.3 Å². The average Bonchev–Trinajstić information content (AvgIpc) is 2.26. The Morgan fingerprint density at radius 2 is 2.00 bits per heavy atom. The average molecular weight is 254 g/mol. The van der Waals surface area contributed by atoms with Gasteiger partial charge in [0.2, 0.25) is 0 Å². The summed E-state index contributed by atoms with van der Waals surface area (Å²) in [5.41, 5.74) is -0.938. The summed E-state index contributed by atoms with van der Waals surface area (Å²) in [5.74, 6) is -2.08. The number of methoxy groups -OCH3 is 1. The molecule has 0 aliphatic carbocycles. The van der Waals surface area contributed by atoms with E-state index in [1.807, 2.05) is 0 Å². The first kappa shape index (κ1) is 14.2. The van der Waals surface area contributed by atoms with E-state index in [9.17, 15) is 14.0 Å². The number of ether oxygens (including phenoxy) is 1. The maximum Gasteiger partial charge on any atom is 0.304 e. The molecule has 1 rings (SSSR count). The summed E-state index contributed by atoms with van der Waals surface area (Å²) in [4.78, 5) is 22.8.